The monoisotopic (exact) mass is 383 g/mol. The number of carbonyl (C=O) groups excluding carboxylic acids is 2. The standard InChI is InChI=1S/C20H25N5O3/c1-4-25-10-16-14(20(25)27)8-12(19(22-16)28-3)9-21-18(26)17-13-7-11(2)5-6-15(13)23-24-17/h8,11H,4-7,9-10H2,1-3H3,(H,21,26)(H,23,24). The molecule has 0 aromatic carbocycles. The molecule has 0 saturated heterocycles. The molecule has 8 nitrogen and oxygen atoms in total. The van der Waals surface area contributed by atoms with Gasteiger partial charge in [0.05, 0.1) is 24.9 Å². The molecule has 1 unspecified atom stereocenters. The Morgan fingerprint density at radius 1 is 1.46 bits per heavy atom. The Hall–Kier alpha value is -2.90. The minimum absolute atomic E-state index is 0.0319. The first-order chi connectivity index (χ1) is 13.5. The SMILES string of the molecule is CCN1Cc2nc(OC)c(CNC(=O)c3n[nH]c4c3CC(C)CC4)cc2C1=O. The van der Waals surface area contributed by atoms with Crippen molar-refractivity contribution < 1.29 is 14.3 Å². The van der Waals surface area contributed by atoms with E-state index in [1.54, 1.807) is 18.1 Å². The van der Waals surface area contributed by atoms with Crippen molar-refractivity contribution in [1.29, 1.82) is 0 Å². The summed E-state index contributed by atoms with van der Waals surface area (Å²) in [5.41, 5.74) is 4.52. The predicted octanol–water partition coefficient (Wildman–Crippen LogP) is 1.84. The van der Waals surface area contributed by atoms with Gasteiger partial charge in [0, 0.05) is 29.9 Å². The second kappa shape index (κ2) is 7.26. The van der Waals surface area contributed by atoms with Crippen LogP contribution in [0.5, 0.6) is 5.88 Å². The lowest BCUT2D eigenvalue weighted by molar-refractivity contribution is 0.0786. The molecule has 4 rings (SSSR count). The minimum Gasteiger partial charge on any atom is -0.481 e. The lowest BCUT2D eigenvalue weighted by Gasteiger charge is -2.18. The van der Waals surface area contributed by atoms with Gasteiger partial charge in [-0.15, -0.1) is 0 Å². The maximum absolute atomic E-state index is 12.7. The summed E-state index contributed by atoms with van der Waals surface area (Å²) in [5, 5.41) is 10.1. The third kappa shape index (κ3) is 3.12. The molecule has 0 spiro atoms. The van der Waals surface area contributed by atoms with Crippen molar-refractivity contribution in [3.05, 3.63) is 39.8 Å². The zero-order valence-corrected chi connectivity index (χ0v) is 16.5. The number of pyridine rings is 1. The molecule has 2 aliphatic rings. The maximum atomic E-state index is 12.7. The van der Waals surface area contributed by atoms with E-state index in [2.05, 4.69) is 27.4 Å². The number of H-pyrrole nitrogens is 1. The molecular weight excluding hydrogens is 358 g/mol. The number of aryl methyl sites for hydroxylation is 1. The van der Waals surface area contributed by atoms with Gasteiger partial charge in [0.25, 0.3) is 11.8 Å². The fourth-order valence-corrected chi connectivity index (χ4v) is 3.98. The quantitative estimate of drug-likeness (QED) is 0.821. The van der Waals surface area contributed by atoms with E-state index in [0.717, 1.165) is 30.5 Å². The van der Waals surface area contributed by atoms with Crippen LogP contribution in [0.3, 0.4) is 0 Å². The Morgan fingerprint density at radius 2 is 2.29 bits per heavy atom. The average molecular weight is 383 g/mol. The number of nitrogens with one attached hydrogen (secondary N) is 2. The summed E-state index contributed by atoms with van der Waals surface area (Å²) in [6.07, 6.45) is 2.89. The number of hydrogen-bond donors (Lipinski definition) is 2. The molecule has 148 valence electrons. The van der Waals surface area contributed by atoms with E-state index in [9.17, 15) is 9.59 Å². The van der Waals surface area contributed by atoms with Crippen LogP contribution in [0.4, 0.5) is 0 Å². The largest absolute Gasteiger partial charge is 0.481 e. The zero-order valence-electron chi connectivity index (χ0n) is 16.5. The average Bonchev–Trinajstić information content (AvgIpc) is 3.25. The van der Waals surface area contributed by atoms with E-state index in [-0.39, 0.29) is 18.4 Å². The van der Waals surface area contributed by atoms with Gasteiger partial charge in [-0.25, -0.2) is 4.98 Å². The van der Waals surface area contributed by atoms with Gasteiger partial charge < -0.3 is 15.0 Å². The van der Waals surface area contributed by atoms with Crippen LogP contribution in [0.15, 0.2) is 6.07 Å². The van der Waals surface area contributed by atoms with Crippen molar-refractivity contribution in [2.24, 2.45) is 5.92 Å². The molecule has 1 aliphatic carbocycles. The molecule has 0 radical (unpaired) electrons. The third-order valence-electron chi connectivity index (χ3n) is 5.62. The van der Waals surface area contributed by atoms with Crippen LogP contribution >= 0.6 is 0 Å². The summed E-state index contributed by atoms with van der Waals surface area (Å²) in [6, 6.07) is 1.78. The first-order valence-electron chi connectivity index (χ1n) is 9.72. The number of rotatable bonds is 5. The second-order valence-corrected chi connectivity index (χ2v) is 7.53. The molecule has 28 heavy (non-hydrogen) atoms. The number of fused-ring (bicyclic) bond motifs is 2. The number of amides is 2. The van der Waals surface area contributed by atoms with Gasteiger partial charge in [-0.2, -0.15) is 5.10 Å². The highest BCUT2D eigenvalue weighted by atomic mass is 16.5. The smallest absolute Gasteiger partial charge is 0.272 e. The van der Waals surface area contributed by atoms with Crippen LogP contribution in [0.1, 0.15) is 63.6 Å². The Labute approximate surface area is 163 Å². The van der Waals surface area contributed by atoms with E-state index >= 15 is 0 Å². The lowest BCUT2D eigenvalue weighted by Crippen LogP contribution is -2.26. The van der Waals surface area contributed by atoms with Crippen LogP contribution in [-0.2, 0) is 25.9 Å². The molecule has 2 aromatic rings. The molecule has 1 aliphatic heterocycles. The number of methoxy groups -OCH3 is 1. The minimum atomic E-state index is -0.226. The highest BCUT2D eigenvalue weighted by Crippen LogP contribution is 2.28. The molecule has 8 heteroatoms. The Balaban J connectivity index is 1.53. The van der Waals surface area contributed by atoms with Gasteiger partial charge in [-0.1, -0.05) is 6.92 Å². The Morgan fingerprint density at radius 3 is 3.04 bits per heavy atom. The predicted molar refractivity (Wildman–Crippen MR) is 102 cm³/mol. The fourth-order valence-electron chi connectivity index (χ4n) is 3.98. The summed E-state index contributed by atoms with van der Waals surface area (Å²) in [6.45, 7) is 5.47. The van der Waals surface area contributed by atoms with Gasteiger partial charge in [0.2, 0.25) is 5.88 Å². The molecule has 0 fully saturated rings. The van der Waals surface area contributed by atoms with Gasteiger partial charge in [-0.3, -0.25) is 14.7 Å². The number of aromatic amines is 1. The Kier molecular flexibility index (Phi) is 4.78. The van der Waals surface area contributed by atoms with Crippen molar-refractivity contribution in [2.75, 3.05) is 13.7 Å². The number of nitrogens with zero attached hydrogens (tertiary/aromatic N) is 3. The molecule has 0 saturated carbocycles. The van der Waals surface area contributed by atoms with Gasteiger partial charge >= 0.3 is 0 Å². The van der Waals surface area contributed by atoms with Crippen LogP contribution in [0, 0.1) is 5.92 Å². The molecular formula is C20H25N5O3. The van der Waals surface area contributed by atoms with Crippen molar-refractivity contribution in [3.63, 3.8) is 0 Å². The van der Waals surface area contributed by atoms with E-state index in [1.807, 2.05) is 6.92 Å². The summed E-state index contributed by atoms with van der Waals surface area (Å²) < 4.78 is 5.39. The summed E-state index contributed by atoms with van der Waals surface area (Å²) >= 11 is 0. The van der Waals surface area contributed by atoms with Crippen LogP contribution < -0.4 is 10.1 Å². The van der Waals surface area contributed by atoms with Crippen LogP contribution in [0.2, 0.25) is 0 Å². The van der Waals surface area contributed by atoms with Gasteiger partial charge in [-0.05, 0) is 38.2 Å². The van der Waals surface area contributed by atoms with E-state index in [1.165, 1.54) is 0 Å². The van der Waals surface area contributed by atoms with Gasteiger partial charge in [0.15, 0.2) is 5.69 Å². The highest BCUT2D eigenvalue weighted by molar-refractivity contribution is 5.98. The lowest BCUT2D eigenvalue weighted by atomic mass is 9.87. The Bertz CT molecular complexity index is 936. The summed E-state index contributed by atoms with van der Waals surface area (Å²) in [4.78, 5) is 31.4. The topological polar surface area (TPSA) is 100 Å². The number of hydrogen-bond acceptors (Lipinski definition) is 5. The first-order valence-corrected chi connectivity index (χ1v) is 9.72. The van der Waals surface area contributed by atoms with Crippen LogP contribution in [-0.4, -0.2) is 45.6 Å². The maximum Gasteiger partial charge on any atom is 0.272 e. The van der Waals surface area contributed by atoms with Crippen molar-refractivity contribution in [2.45, 2.75) is 46.2 Å². The second-order valence-electron chi connectivity index (χ2n) is 7.53. The van der Waals surface area contributed by atoms with E-state index in [0.29, 0.717) is 47.4 Å². The van der Waals surface area contributed by atoms with E-state index in [4.69, 9.17) is 4.74 Å². The zero-order chi connectivity index (χ0) is 19.8. The summed E-state index contributed by atoms with van der Waals surface area (Å²) in [5.74, 6) is 0.721. The third-order valence-corrected chi connectivity index (χ3v) is 5.62. The normalized spacial score (nSPS) is 18.0. The molecule has 2 amide bonds. The van der Waals surface area contributed by atoms with Gasteiger partial charge in [0.1, 0.15) is 0 Å². The molecule has 0 bridgehead atoms. The molecule has 2 aromatic heterocycles. The first kappa shape index (κ1) is 18.5. The van der Waals surface area contributed by atoms with Crippen molar-refractivity contribution in [1.82, 2.24) is 25.4 Å². The molecule has 3 heterocycles. The summed E-state index contributed by atoms with van der Waals surface area (Å²) in [7, 11) is 1.54. The number of carbonyl (C=O) groups is 2. The number of ether oxygens (including phenoxy) is 1. The van der Waals surface area contributed by atoms with Crippen molar-refractivity contribution >= 4 is 11.8 Å². The highest BCUT2D eigenvalue weighted by Gasteiger charge is 2.30. The van der Waals surface area contributed by atoms with E-state index < -0.39 is 0 Å². The molecule has 1 atom stereocenters. The fraction of sp³-hybridized carbons (Fsp3) is 0.500. The number of aromatic nitrogens is 3. The van der Waals surface area contributed by atoms with Crippen LogP contribution in [0.25, 0.3) is 0 Å². The van der Waals surface area contributed by atoms with Crippen molar-refractivity contribution in [3.8, 4) is 5.88 Å². The molecule has 2 N–H and O–H groups in total.